The maximum Gasteiger partial charge on any atom is 0.125 e. The van der Waals surface area contributed by atoms with Crippen LogP contribution in [0.15, 0.2) is 18.2 Å². The van der Waals surface area contributed by atoms with E-state index in [9.17, 15) is 0 Å². The van der Waals surface area contributed by atoms with Crippen LogP contribution >= 0.6 is 0 Å². The highest BCUT2D eigenvalue weighted by atomic mass is 16.5. The largest absolute Gasteiger partial charge is 0.497 e. The molecule has 0 radical (unpaired) electrons. The Labute approximate surface area is 96.7 Å². The van der Waals surface area contributed by atoms with Gasteiger partial charge in [-0.3, -0.25) is 0 Å². The molecule has 90 valence electrons. The first-order valence-electron chi connectivity index (χ1n) is 5.43. The Bertz CT molecular complexity index is 316. The number of hydrogen-bond acceptors (Lipinski definition) is 4. The van der Waals surface area contributed by atoms with Crippen LogP contribution in [0.3, 0.4) is 0 Å². The molecule has 0 aromatic heterocycles. The van der Waals surface area contributed by atoms with E-state index in [1.807, 2.05) is 18.2 Å². The third kappa shape index (κ3) is 3.72. The fourth-order valence-electron chi connectivity index (χ4n) is 1.51. The monoisotopic (exact) mass is 224 g/mol. The second-order valence-corrected chi connectivity index (χ2v) is 3.47. The summed E-state index contributed by atoms with van der Waals surface area (Å²) >= 11 is 0. The Kier molecular flexibility index (Phi) is 5.67. The number of rotatable bonds is 7. The molecule has 0 atom stereocenters. The fourth-order valence-corrected chi connectivity index (χ4v) is 1.51. The summed E-state index contributed by atoms with van der Waals surface area (Å²) < 4.78 is 10.5. The average Bonchev–Trinajstić information content (AvgIpc) is 2.34. The standard InChI is InChI=1S/C12H20N2O2/c1-15-11-4-3-10(12(9-11)16-2)5-7-14-8-6-13/h3-4,9,14H,5-8,13H2,1-2H3. The van der Waals surface area contributed by atoms with Crippen LogP contribution in [-0.4, -0.2) is 33.9 Å². The zero-order valence-corrected chi connectivity index (χ0v) is 9.95. The van der Waals surface area contributed by atoms with Crippen LogP contribution in [0.5, 0.6) is 11.5 Å². The van der Waals surface area contributed by atoms with E-state index in [1.54, 1.807) is 14.2 Å². The lowest BCUT2D eigenvalue weighted by molar-refractivity contribution is 0.390. The summed E-state index contributed by atoms with van der Waals surface area (Å²) in [6, 6.07) is 5.88. The van der Waals surface area contributed by atoms with E-state index in [-0.39, 0.29) is 0 Å². The molecule has 4 heteroatoms. The van der Waals surface area contributed by atoms with E-state index in [0.717, 1.165) is 31.0 Å². The number of nitrogens with one attached hydrogen (secondary N) is 1. The topological polar surface area (TPSA) is 56.5 Å². The first-order chi connectivity index (χ1) is 7.81. The van der Waals surface area contributed by atoms with Gasteiger partial charge in [-0.15, -0.1) is 0 Å². The first kappa shape index (κ1) is 12.8. The Morgan fingerprint density at radius 2 is 2.00 bits per heavy atom. The van der Waals surface area contributed by atoms with Gasteiger partial charge >= 0.3 is 0 Å². The van der Waals surface area contributed by atoms with E-state index in [4.69, 9.17) is 15.2 Å². The minimum absolute atomic E-state index is 0.666. The molecule has 0 unspecified atom stereocenters. The number of nitrogens with two attached hydrogens (primary N) is 1. The van der Waals surface area contributed by atoms with Crippen molar-refractivity contribution in [1.29, 1.82) is 0 Å². The van der Waals surface area contributed by atoms with Crippen LogP contribution in [-0.2, 0) is 6.42 Å². The van der Waals surface area contributed by atoms with Crippen LogP contribution in [0, 0.1) is 0 Å². The molecule has 1 aromatic carbocycles. The second kappa shape index (κ2) is 7.09. The number of methoxy groups -OCH3 is 2. The average molecular weight is 224 g/mol. The molecule has 0 fully saturated rings. The molecule has 0 saturated carbocycles. The minimum atomic E-state index is 0.666. The smallest absolute Gasteiger partial charge is 0.125 e. The fraction of sp³-hybridized carbons (Fsp3) is 0.500. The second-order valence-electron chi connectivity index (χ2n) is 3.47. The van der Waals surface area contributed by atoms with Crippen molar-refractivity contribution in [3.8, 4) is 11.5 Å². The molecule has 0 heterocycles. The predicted octanol–water partition coefficient (Wildman–Crippen LogP) is 0.795. The lowest BCUT2D eigenvalue weighted by atomic mass is 10.1. The summed E-state index contributed by atoms with van der Waals surface area (Å²) in [5.74, 6) is 1.68. The summed E-state index contributed by atoms with van der Waals surface area (Å²) in [6.45, 7) is 2.41. The number of benzene rings is 1. The van der Waals surface area contributed by atoms with Gasteiger partial charge in [0, 0.05) is 19.2 Å². The van der Waals surface area contributed by atoms with Crippen molar-refractivity contribution in [2.75, 3.05) is 33.9 Å². The minimum Gasteiger partial charge on any atom is -0.497 e. The zero-order valence-electron chi connectivity index (χ0n) is 9.95. The highest BCUT2D eigenvalue weighted by Crippen LogP contribution is 2.24. The highest BCUT2D eigenvalue weighted by Gasteiger charge is 2.04. The third-order valence-electron chi connectivity index (χ3n) is 2.39. The van der Waals surface area contributed by atoms with Gasteiger partial charge in [-0.1, -0.05) is 6.07 Å². The number of hydrogen-bond donors (Lipinski definition) is 2. The van der Waals surface area contributed by atoms with Gasteiger partial charge in [-0.05, 0) is 24.6 Å². The SMILES string of the molecule is COc1ccc(CCNCCN)c(OC)c1. The van der Waals surface area contributed by atoms with Crippen LogP contribution in [0.25, 0.3) is 0 Å². The Morgan fingerprint density at radius 3 is 2.62 bits per heavy atom. The molecule has 0 aliphatic carbocycles. The van der Waals surface area contributed by atoms with Gasteiger partial charge in [0.15, 0.2) is 0 Å². The maximum atomic E-state index is 5.40. The summed E-state index contributed by atoms with van der Waals surface area (Å²) in [6.07, 6.45) is 0.924. The summed E-state index contributed by atoms with van der Waals surface area (Å²) in [5.41, 5.74) is 6.57. The molecule has 0 saturated heterocycles. The van der Waals surface area contributed by atoms with Crippen molar-refractivity contribution < 1.29 is 9.47 Å². The maximum absolute atomic E-state index is 5.40. The molecular formula is C12H20N2O2. The van der Waals surface area contributed by atoms with E-state index < -0.39 is 0 Å². The highest BCUT2D eigenvalue weighted by molar-refractivity contribution is 5.40. The van der Waals surface area contributed by atoms with Crippen LogP contribution < -0.4 is 20.5 Å². The normalized spacial score (nSPS) is 10.2. The Hall–Kier alpha value is -1.26. The summed E-state index contributed by atoms with van der Waals surface area (Å²) in [7, 11) is 3.32. The first-order valence-corrected chi connectivity index (χ1v) is 5.43. The molecule has 0 spiro atoms. The molecule has 0 aliphatic rings. The Morgan fingerprint density at radius 1 is 1.19 bits per heavy atom. The van der Waals surface area contributed by atoms with Crippen LogP contribution in [0.4, 0.5) is 0 Å². The zero-order chi connectivity index (χ0) is 11.8. The van der Waals surface area contributed by atoms with Gasteiger partial charge < -0.3 is 20.5 Å². The van der Waals surface area contributed by atoms with Gasteiger partial charge in [0.2, 0.25) is 0 Å². The number of ether oxygens (including phenoxy) is 2. The molecule has 1 rings (SSSR count). The van der Waals surface area contributed by atoms with Gasteiger partial charge in [0.05, 0.1) is 14.2 Å². The van der Waals surface area contributed by atoms with Crippen molar-refractivity contribution in [2.24, 2.45) is 5.73 Å². The molecule has 0 amide bonds. The van der Waals surface area contributed by atoms with Crippen molar-refractivity contribution in [3.63, 3.8) is 0 Å². The summed E-state index contributed by atoms with van der Waals surface area (Å²) in [4.78, 5) is 0. The lowest BCUT2D eigenvalue weighted by Crippen LogP contribution is -2.24. The molecule has 0 bridgehead atoms. The van der Waals surface area contributed by atoms with Crippen LogP contribution in [0.2, 0.25) is 0 Å². The summed E-state index contributed by atoms with van der Waals surface area (Å²) in [5, 5.41) is 3.25. The quantitative estimate of drug-likeness (QED) is 0.672. The lowest BCUT2D eigenvalue weighted by Gasteiger charge is -2.10. The van der Waals surface area contributed by atoms with E-state index >= 15 is 0 Å². The molecule has 16 heavy (non-hydrogen) atoms. The Balaban J connectivity index is 2.57. The van der Waals surface area contributed by atoms with E-state index in [2.05, 4.69) is 5.32 Å². The molecular weight excluding hydrogens is 204 g/mol. The predicted molar refractivity (Wildman–Crippen MR) is 65.2 cm³/mol. The van der Waals surface area contributed by atoms with E-state index in [0.29, 0.717) is 6.54 Å². The van der Waals surface area contributed by atoms with Gasteiger partial charge in [0.25, 0.3) is 0 Å². The molecule has 0 aliphatic heterocycles. The van der Waals surface area contributed by atoms with Crippen molar-refractivity contribution >= 4 is 0 Å². The van der Waals surface area contributed by atoms with E-state index in [1.165, 1.54) is 5.56 Å². The van der Waals surface area contributed by atoms with Crippen LogP contribution in [0.1, 0.15) is 5.56 Å². The van der Waals surface area contributed by atoms with Gasteiger partial charge in [0.1, 0.15) is 11.5 Å². The third-order valence-corrected chi connectivity index (χ3v) is 2.39. The molecule has 4 nitrogen and oxygen atoms in total. The van der Waals surface area contributed by atoms with Crippen molar-refractivity contribution in [2.45, 2.75) is 6.42 Å². The van der Waals surface area contributed by atoms with Crippen molar-refractivity contribution in [1.82, 2.24) is 5.32 Å². The van der Waals surface area contributed by atoms with Crippen molar-refractivity contribution in [3.05, 3.63) is 23.8 Å². The molecule has 1 aromatic rings. The van der Waals surface area contributed by atoms with Gasteiger partial charge in [-0.2, -0.15) is 0 Å². The molecule has 3 N–H and O–H groups in total. The van der Waals surface area contributed by atoms with Gasteiger partial charge in [-0.25, -0.2) is 0 Å².